The van der Waals surface area contributed by atoms with Crippen molar-refractivity contribution in [3.8, 4) is 22.6 Å². The normalized spacial score (nSPS) is 18.1. The van der Waals surface area contributed by atoms with Crippen molar-refractivity contribution in [2.75, 3.05) is 4.90 Å². The minimum absolute atomic E-state index is 0.0874. The molecular formula is C77H63NO2S. The van der Waals surface area contributed by atoms with Crippen molar-refractivity contribution in [1.82, 2.24) is 0 Å². The number of para-hydroxylation sites is 4. The number of rotatable bonds is 4. The first-order valence-electron chi connectivity index (χ1n) is 29.1. The van der Waals surface area contributed by atoms with E-state index in [-0.39, 0.29) is 22.7 Å². The topological polar surface area (TPSA) is 25.6 Å². The van der Waals surface area contributed by atoms with Crippen molar-refractivity contribution in [1.29, 1.82) is 0 Å². The van der Waals surface area contributed by atoms with E-state index in [4.69, 9.17) is 9.15 Å². The van der Waals surface area contributed by atoms with E-state index >= 15 is 0 Å². The summed E-state index contributed by atoms with van der Waals surface area (Å²) >= 11 is 1.91. The van der Waals surface area contributed by atoms with E-state index < -0.39 is 10.8 Å². The number of hydrogen-bond donors (Lipinski definition) is 0. The standard InChI is InChI=1S/C77H63NO2S/c1-46-35-42-68-72(55-23-10-16-31-66(55)79-68)71(46)54-22-9-15-29-64(54)78(49-38-41-53-50-21-8-11-24-56(50)76(63(53)45-49)58-26-13-18-33-69(58)81-70-34-19-14-27-59(70)76)65-30-20-28-60-73(65)80-67-32-17-12-25-57(67)77(60)61-43-47(74(2,3)4)36-39-51(61)52-40-37-48(44-62(52)77)75(5,6)7/h8-23,25-34,36-46,56H,24,35H2,1-7H3. The fraction of sp³-hybridized carbons (Fsp3) is 0.195. The highest BCUT2D eigenvalue weighted by Crippen LogP contribution is 2.67. The lowest BCUT2D eigenvalue weighted by Gasteiger charge is -2.44. The van der Waals surface area contributed by atoms with Crippen LogP contribution in [0.2, 0.25) is 0 Å². The van der Waals surface area contributed by atoms with E-state index in [1.807, 2.05) is 11.8 Å². The number of benzene rings is 9. The lowest BCUT2D eigenvalue weighted by atomic mass is 9.63. The molecular weight excluding hydrogens is 1000 g/mol. The lowest BCUT2D eigenvalue weighted by molar-refractivity contribution is 0.437. The van der Waals surface area contributed by atoms with Gasteiger partial charge in [-0.15, -0.1) is 0 Å². The molecule has 2 aliphatic heterocycles. The molecule has 0 amide bonds. The lowest BCUT2D eigenvalue weighted by Crippen LogP contribution is -2.37. The van der Waals surface area contributed by atoms with E-state index in [0.717, 1.165) is 68.9 Å². The molecule has 4 heteroatoms. The fourth-order valence-electron chi connectivity index (χ4n) is 15.3. The molecule has 2 atom stereocenters. The maximum Gasteiger partial charge on any atom is 0.156 e. The van der Waals surface area contributed by atoms with Gasteiger partial charge in [-0.05, 0) is 151 Å². The summed E-state index contributed by atoms with van der Waals surface area (Å²) in [5.41, 5.74) is 23.1. The number of allylic oxidation sites excluding steroid dienone is 4. The summed E-state index contributed by atoms with van der Waals surface area (Å²) in [6.45, 7) is 16.4. The molecule has 81 heavy (non-hydrogen) atoms. The third-order valence-electron chi connectivity index (χ3n) is 19.0. The van der Waals surface area contributed by atoms with Crippen LogP contribution in [0.5, 0.6) is 11.5 Å². The van der Waals surface area contributed by atoms with Crippen LogP contribution < -0.4 is 20.3 Å². The Morgan fingerprint density at radius 3 is 1.88 bits per heavy atom. The molecule has 394 valence electrons. The Labute approximate surface area is 479 Å². The van der Waals surface area contributed by atoms with Gasteiger partial charge in [-0.25, -0.2) is 0 Å². The molecule has 4 aliphatic carbocycles. The van der Waals surface area contributed by atoms with E-state index in [0.29, 0.717) is 0 Å². The summed E-state index contributed by atoms with van der Waals surface area (Å²) in [5.74, 6) is 2.15. The number of nitrogens with zero attached hydrogens (tertiary/aromatic N) is 1. The van der Waals surface area contributed by atoms with Crippen molar-refractivity contribution in [2.24, 2.45) is 11.8 Å². The van der Waals surface area contributed by atoms with Crippen molar-refractivity contribution < 1.29 is 9.15 Å². The number of furan rings is 1. The Bertz CT molecular complexity index is 4440. The zero-order valence-electron chi connectivity index (χ0n) is 47.0. The van der Waals surface area contributed by atoms with Crippen molar-refractivity contribution in [3.05, 3.63) is 284 Å². The summed E-state index contributed by atoms with van der Waals surface area (Å²) in [5, 5.41) is 2.33. The van der Waals surface area contributed by atoms with Crippen LogP contribution in [-0.2, 0) is 21.7 Å². The molecule has 3 heterocycles. The molecule has 2 unspecified atom stereocenters. The zero-order chi connectivity index (χ0) is 54.7. The van der Waals surface area contributed by atoms with Crippen LogP contribution in [0.4, 0.5) is 17.1 Å². The largest absolute Gasteiger partial charge is 0.456 e. The summed E-state index contributed by atoms with van der Waals surface area (Å²) in [6, 6.07) is 74.1. The van der Waals surface area contributed by atoms with Gasteiger partial charge in [0.2, 0.25) is 0 Å². The Morgan fingerprint density at radius 1 is 0.531 bits per heavy atom. The van der Waals surface area contributed by atoms with Crippen LogP contribution in [0.1, 0.15) is 123 Å². The average Bonchev–Trinajstić information content (AvgIpc) is 4.18. The molecule has 0 N–H and O–H groups in total. The molecule has 0 saturated heterocycles. The van der Waals surface area contributed by atoms with Crippen molar-refractivity contribution in [2.45, 2.75) is 92.8 Å². The van der Waals surface area contributed by atoms with Crippen LogP contribution in [0.25, 0.3) is 39.3 Å². The second-order valence-electron chi connectivity index (χ2n) is 25.4. The van der Waals surface area contributed by atoms with E-state index in [1.54, 1.807) is 0 Å². The monoisotopic (exact) mass is 1070 g/mol. The number of anilines is 3. The number of ether oxygens (including phenoxy) is 1. The maximum atomic E-state index is 7.74. The minimum atomic E-state index is -0.712. The maximum absolute atomic E-state index is 7.74. The SMILES string of the molecule is CC1CC=c2oc3ccccc3c2=C1c1ccccc1N(c1ccc2c(c1)C1(c3ccccc3Sc3ccccc31)C1CC=CC=C21)c1cccc2c1Oc1ccccc1C21c2cc(C(C)(C)C)ccc2-c2ccc(C(C)(C)C)cc21. The van der Waals surface area contributed by atoms with Gasteiger partial charge >= 0.3 is 0 Å². The van der Waals surface area contributed by atoms with Gasteiger partial charge in [0.25, 0.3) is 0 Å². The van der Waals surface area contributed by atoms with Crippen LogP contribution in [-0.4, -0.2) is 0 Å². The Morgan fingerprint density at radius 2 is 1.15 bits per heavy atom. The summed E-state index contributed by atoms with van der Waals surface area (Å²) in [6.07, 6.45) is 11.2. The smallest absolute Gasteiger partial charge is 0.156 e. The average molecular weight is 1070 g/mol. The molecule has 0 fully saturated rings. The van der Waals surface area contributed by atoms with E-state index in [9.17, 15) is 0 Å². The molecule has 0 bridgehead atoms. The number of fused-ring (bicyclic) bond motifs is 21. The first-order valence-corrected chi connectivity index (χ1v) is 29.9. The third-order valence-corrected chi connectivity index (χ3v) is 20.2. The molecule has 10 aromatic rings. The zero-order valence-corrected chi connectivity index (χ0v) is 47.8. The third kappa shape index (κ3) is 6.72. The molecule has 0 saturated carbocycles. The van der Waals surface area contributed by atoms with Gasteiger partial charge in [0.1, 0.15) is 16.7 Å². The predicted octanol–water partition coefficient (Wildman–Crippen LogP) is 18.8. The quantitative estimate of drug-likeness (QED) is 0.175. The van der Waals surface area contributed by atoms with Crippen molar-refractivity contribution >= 4 is 57.0 Å². The summed E-state index contributed by atoms with van der Waals surface area (Å²) in [4.78, 5) is 5.22. The molecule has 1 aromatic heterocycles. The highest BCUT2D eigenvalue weighted by Gasteiger charge is 2.56. The minimum Gasteiger partial charge on any atom is -0.456 e. The van der Waals surface area contributed by atoms with E-state index in [1.165, 1.54) is 87.4 Å². The molecule has 3 nitrogen and oxygen atoms in total. The summed E-state index contributed by atoms with van der Waals surface area (Å²) < 4.78 is 14.5. The first kappa shape index (κ1) is 48.6. The van der Waals surface area contributed by atoms with Crippen LogP contribution in [0.15, 0.2) is 227 Å². The van der Waals surface area contributed by atoms with Crippen LogP contribution in [0.3, 0.4) is 0 Å². The molecule has 0 radical (unpaired) electrons. The highest BCUT2D eigenvalue weighted by atomic mass is 32.2. The Kier molecular flexibility index (Phi) is 10.4. The second-order valence-corrected chi connectivity index (χ2v) is 26.5. The fourth-order valence-corrected chi connectivity index (χ4v) is 16.6. The van der Waals surface area contributed by atoms with Gasteiger partial charge in [0, 0.05) is 48.7 Å². The molecule has 2 spiro atoms. The van der Waals surface area contributed by atoms with Gasteiger partial charge in [-0.1, -0.05) is 224 Å². The molecule has 9 aromatic carbocycles. The van der Waals surface area contributed by atoms with Crippen molar-refractivity contribution in [3.63, 3.8) is 0 Å². The van der Waals surface area contributed by atoms with E-state index in [2.05, 4.69) is 272 Å². The number of hydrogen-bond acceptors (Lipinski definition) is 4. The molecule has 6 aliphatic rings. The highest BCUT2D eigenvalue weighted by molar-refractivity contribution is 7.99. The summed E-state index contributed by atoms with van der Waals surface area (Å²) in [7, 11) is 0. The molecule has 16 rings (SSSR count). The second kappa shape index (κ2) is 17.4. The Balaban J connectivity index is 1.03. The van der Waals surface area contributed by atoms with Gasteiger partial charge < -0.3 is 14.1 Å². The van der Waals surface area contributed by atoms with Gasteiger partial charge in [-0.2, -0.15) is 0 Å². The van der Waals surface area contributed by atoms with Gasteiger partial charge in [0.15, 0.2) is 5.75 Å². The van der Waals surface area contributed by atoms with Crippen LogP contribution in [0, 0.1) is 11.8 Å². The van der Waals surface area contributed by atoms with Gasteiger partial charge in [-0.3, -0.25) is 0 Å². The van der Waals surface area contributed by atoms with Crippen LogP contribution >= 0.6 is 11.8 Å². The predicted molar refractivity (Wildman–Crippen MR) is 334 cm³/mol. The van der Waals surface area contributed by atoms with Gasteiger partial charge in [0.05, 0.1) is 22.2 Å². The Hall–Kier alpha value is -8.31. The first-order chi connectivity index (χ1) is 39.3.